The first-order chi connectivity index (χ1) is 3.80. The third-order valence-electron chi connectivity index (χ3n) is 1.47. The summed E-state index contributed by atoms with van der Waals surface area (Å²) in [6.45, 7) is 0. The molecule has 0 saturated heterocycles. The third kappa shape index (κ3) is 1.05. The average molecular weight is 118 g/mol. The van der Waals surface area contributed by atoms with Crippen molar-refractivity contribution < 1.29 is 8.78 Å². The second-order valence-electron chi connectivity index (χ2n) is 2.07. The smallest absolute Gasteiger partial charge is 0.173 e. The molecule has 0 N–H and O–H groups in total. The van der Waals surface area contributed by atoms with Gasteiger partial charge in [-0.25, -0.2) is 0 Å². The van der Waals surface area contributed by atoms with Crippen LogP contribution in [0.2, 0.25) is 0 Å². The maximum absolute atomic E-state index is 11.6. The second-order valence-corrected chi connectivity index (χ2v) is 2.07. The Hall–Kier alpha value is -0.400. The quantitative estimate of drug-likeness (QED) is 0.458. The van der Waals surface area contributed by atoms with Crippen LogP contribution < -0.4 is 0 Å². The molecule has 1 saturated carbocycles. The van der Waals surface area contributed by atoms with Crippen molar-refractivity contribution in [3.8, 4) is 0 Å². The summed E-state index contributed by atoms with van der Waals surface area (Å²) < 4.78 is 23.2. The molecule has 1 fully saturated rings. The van der Waals surface area contributed by atoms with Gasteiger partial charge in [-0.1, -0.05) is 0 Å². The van der Waals surface area contributed by atoms with Gasteiger partial charge in [0.25, 0.3) is 6.08 Å². The van der Waals surface area contributed by atoms with Crippen molar-refractivity contribution in [2.75, 3.05) is 0 Å². The van der Waals surface area contributed by atoms with E-state index in [9.17, 15) is 8.78 Å². The van der Waals surface area contributed by atoms with Crippen LogP contribution >= 0.6 is 0 Å². The highest BCUT2D eigenvalue weighted by Gasteiger charge is 2.11. The molecule has 0 aromatic carbocycles. The summed E-state index contributed by atoms with van der Waals surface area (Å²) in [7, 11) is 0. The molecule has 1 rings (SSSR count). The van der Waals surface area contributed by atoms with Crippen LogP contribution in [0, 0.1) is 0 Å². The summed E-state index contributed by atoms with van der Waals surface area (Å²) in [5.74, 6) is 0. The van der Waals surface area contributed by atoms with E-state index in [4.69, 9.17) is 0 Å². The van der Waals surface area contributed by atoms with Crippen molar-refractivity contribution in [3.05, 3.63) is 11.7 Å². The molecule has 0 nitrogen and oxygen atoms in total. The summed E-state index contributed by atoms with van der Waals surface area (Å²) in [6.07, 6.45) is 1.71. The minimum Gasteiger partial charge on any atom is -0.173 e. The number of hydrogen-bond donors (Lipinski definition) is 0. The van der Waals surface area contributed by atoms with Crippen LogP contribution in [0.3, 0.4) is 0 Å². The third-order valence-corrected chi connectivity index (χ3v) is 1.47. The Labute approximate surface area is 47.2 Å². The molecule has 0 amide bonds. The molecular formula is C6H8F2. The first kappa shape index (κ1) is 5.73. The fraction of sp³-hybridized carbons (Fsp3) is 0.667. The highest BCUT2D eigenvalue weighted by atomic mass is 19.3. The fourth-order valence-corrected chi connectivity index (χ4v) is 0.991. The molecule has 0 aliphatic heterocycles. The van der Waals surface area contributed by atoms with Gasteiger partial charge in [0.1, 0.15) is 0 Å². The Morgan fingerprint density at radius 3 is 1.88 bits per heavy atom. The lowest BCUT2D eigenvalue weighted by atomic mass is 10.3. The van der Waals surface area contributed by atoms with Crippen LogP contribution in [0.1, 0.15) is 25.7 Å². The van der Waals surface area contributed by atoms with Crippen LogP contribution in [0.4, 0.5) is 8.78 Å². The largest absolute Gasteiger partial charge is 0.269 e. The lowest BCUT2D eigenvalue weighted by Crippen LogP contribution is -1.71. The number of allylic oxidation sites excluding steroid dienone is 1. The van der Waals surface area contributed by atoms with E-state index in [0.717, 1.165) is 12.8 Å². The van der Waals surface area contributed by atoms with E-state index in [-0.39, 0.29) is 0 Å². The van der Waals surface area contributed by atoms with Gasteiger partial charge in [-0.15, -0.1) is 0 Å². The van der Waals surface area contributed by atoms with E-state index in [1.807, 2.05) is 0 Å². The van der Waals surface area contributed by atoms with Crippen molar-refractivity contribution in [1.29, 1.82) is 0 Å². The minimum atomic E-state index is -1.44. The molecule has 0 radical (unpaired) electrons. The predicted molar refractivity (Wildman–Crippen MR) is 27.7 cm³/mol. The second kappa shape index (κ2) is 2.25. The van der Waals surface area contributed by atoms with E-state index < -0.39 is 6.08 Å². The normalized spacial score (nSPS) is 19.5. The number of hydrogen-bond acceptors (Lipinski definition) is 0. The van der Waals surface area contributed by atoms with E-state index in [0.29, 0.717) is 18.4 Å². The molecule has 0 bridgehead atoms. The Bertz CT molecular complexity index is 104. The first-order valence-corrected chi connectivity index (χ1v) is 2.84. The molecule has 8 heavy (non-hydrogen) atoms. The zero-order valence-corrected chi connectivity index (χ0v) is 4.58. The molecule has 1 aliphatic rings. The first-order valence-electron chi connectivity index (χ1n) is 2.84. The predicted octanol–water partition coefficient (Wildman–Crippen LogP) is 2.71. The summed E-state index contributed by atoms with van der Waals surface area (Å²) in [6, 6.07) is 0. The van der Waals surface area contributed by atoms with Crippen LogP contribution in [0.15, 0.2) is 11.7 Å². The molecule has 0 heterocycles. The summed E-state index contributed by atoms with van der Waals surface area (Å²) in [4.78, 5) is 0. The topological polar surface area (TPSA) is 0 Å². The van der Waals surface area contributed by atoms with Crippen molar-refractivity contribution >= 4 is 0 Å². The van der Waals surface area contributed by atoms with Crippen molar-refractivity contribution in [3.63, 3.8) is 0 Å². The SMILES string of the molecule is FC(F)=C1CCCC1. The lowest BCUT2D eigenvalue weighted by Gasteiger charge is -1.87. The van der Waals surface area contributed by atoms with Crippen LogP contribution in [-0.2, 0) is 0 Å². The van der Waals surface area contributed by atoms with Gasteiger partial charge < -0.3 is 0 Å². The Morgan fingerprint density at radius 1 is 1.12 bits per heavy atom. The van der Waals surface area contributed by atoms with Crippen LogP contribution in [0.25, 0.3) is 0 Å². The average Bonchev–Trinajstić information content (AvgIpc) is 2.12. The van der Waals surface area contributed by atoms with Gasteiger partial charge in [0.15, 0.2) is 0 Å². The summed E-state index contributed by atoms with van der Waals surface area (Å²) in [5.41, 5.74) is 0.380. The van der Waals surface area contributed by atoms with Gasteiger partial charge in [-0.05, 0) is 31.3 Å². The lowest BCUT2D eigenvalue weighted by molar-refractivity contribution is 0.408. The number of rotatable bonds is 0. The monoisotopic (exact) mass is 118 g/mol. The molecule has 46 valence electrons. The number of halogens is 2. The molecule has 0 unspecified atom stereocenters. The molecule has 1 aliphatic carbocycles. The van der Waals surface area contributed by atoms with E-state index in [1.54, 1.807) is 0 Å². The molecule has 2 heteroatoms. The van der Waals surface area contributed by atoms with Gasteiger partial charge in [0.05, 0.1) is 0 Å². The van der Waals surface area contributed by atoms with E-state index >= 15 is 0 Å². The zero-order chi connectivity index (χ0) is 5.98. The van der Waals surface area contributed by atoms with Gasteiger partial charge in [0, 0.05) is 0 Å². The van der Waals surface area contributed by atoms with Crippen molar-refractivity contribution in [1.82, 2.24) is 0 Å². The maximum atomic E-state index is 11.6. The standard InChI is InChI=1S/C6H8F2/c7-6(8)5-3-1-2-4-5/h1-4H2. The summed E-state index contributed by atoms with van der Waals surface area (Å²) in [5, 5.41) is 0. The van der Waals surface area contributed by atoms with Gasteiger partial charge in [-0.2, -0.15) is 8.78 Å². The van der Waals surface area contributed by atoms with E-state index in [1.165, 1.54) is 0 Å². The highest BCUT2D eigenvalue weighted by molar-refractivity contribution is 5.05. The van der Waals surface area contributed by atoms with Crippen molar-refractivity contribution in [2.24, 2.45) is 0 Å². The zero-order valence-electron chi connectivity index (χ0n) is 4.58. The fourth-order valence-electron chi connectivity index (χ4n) is 0.991. The minimum absolute atomic E-state index is 0.380. The maximum Gasteiger partial charge on any atom is 0.269 e. The molecule has 0 aromatic rings. The molecular weight excluding hydrogens is 110 g/mol. The highest BCUT2D eigenvalue weighted by Crippen LogP contribution is 2.27. The molecule has 0 atom stereocenters. The molecule has 0 aromatic heterocycles. The van der Waals surface area contributed by atoms with Gasteiger partial charge in [-0.3, -0.25) is 0 Å². The Balaban J connectivity index is 2.58. The van der Waals surface area contributed by atoms with Gasteiger partial charge in [0.2, 0.25) is 0 Å². The molecule has 0 spiro atoms. The van der Waals surface area contributed by atoms with E-state index in [2.05, 4.69) is 0 Å². The van der Waals surface area contributed by atoms with Crippen LogP contribution in [-0.4, -0.2) is 0 Å². The van der Waals surface area contributed by atoms with Crippen LogP contribution in [0.5, 0.6) is 0 Å². The van der Waals surface area contributed by atoms with Gasteiger partial charge >= 0.3 is 0 Å². The Morgan fingerprint density at radius 2 is 1.62 bits per heavy atom. The Kier molecular flexibility index (Phi) is 1.61. The van der Waals surface area contributed by atoms with Crippen molar-refractivity contribution in [2.45, 2.75) is 25.7 Å². The summed E-state index contributed by atoms with van der Waals surface area (Å²) >= 11 is 0.